The third-order valence-corrected chi connectivity index (χ3v) is 7.69. The third kappa shape index (κ3) is 7.82. The number of carboxylic acids is 1. The van der Waals surface area contributed by atoms with Crippen LogP contribution in [0.4, 0.5) is 0 Å². The molecular formula is C27H49N3O4. The number of rotatable bonds is 13. The van der Waals surface area contributed by atoms with Crippen molar-refractivity contribution < 1.29 is 19.5 Å². The van der Waals surface area contributed by atoms with E-state index in [4.69, 9.17) is 0 Å². The van der Waals surface area contributed by atoms with Gasteiger partial charge < -0.3 is 20.6 Å². The van der Waals surface area contributed by atoms with E-state index in [0.29, 0.717) is 12.8 Å². The summed E-state index contributed by atoms with van der Waals surface area (Å²) in [5, 5.41) is 16.1. The molecule has 1 rings (SSSR count). The SMILES string of the molecule is CCC(C)NC(CC)(CC)C(=O)NC(C(=O)N(C)[C@H](/C=C(\C)C(=O)O)C(C)C)C1CCCCC1. The lowest BCUT2D eigenvalue weighted by Crippen LogP contribution is -2.63. The molecule has 7 heteroatoms. The van der Waals surface area contributed by atoms with Crippen molar-refractivity contribution in [2.24, 2.45) is 11.8 Å². The minimum absolute atomic E-state index is 0.0309. The number of hydrogen-bond donors (Lipinski definition) is 3. The van der Waals surface area contributed by atoms with Crippen LogP contribution in [0.5, 0.6) is 0 Å². The average Bonchev–Trinajstić information content (AvgIpc) is 2.83. The Morgan fingerprint density at radius 1 is 1.06 bits per heavy atom. The number of nitrogens with zero attached hydrogens (tertiary/aromatic N) is 1. The predicted molar refractivity (Wildman–Crippen MR) is 137 cm³/mol. The van der Waals surface area contributed by atoms with Crippen molar-refractivity contribution in [3.8, 4) is 0 Å². The molecule has 0 saturated heterocycles. The van der Waals surface area contributed by atoms with Crippen molar-refractivity contribution in [2.45, 2.75) is 123 Å². The lowest BCUT2D eigenvalue weighted by molar-refractivity contribution is -0.141. The Balaban J connectivity index is 3.30. The molecule has 1 aliphatic carbocycles. The summed E-state index contributed by atoms with van der Waals surface area (Å²) < 4.78 is 0. The molecule has 1 fully saturated rings. The van der Waals surface area contributed by atoms with Gasteiger partial charge in [-0.15, -0.1) is 0 Å². The highest BCUT2D eigenvalue weighted by atomic mass is 16.4. The van der Waals surface area contributed by atoms with Gasteiger partial charge in [0.1, 0.15) is 6.04 Å². The first-order valence-electron chi connectivity index (χ1n) is 13.2. The van der Waals surface area contributed by atoms with Crippen LogP contribution in [0, 0.1) is 11.8 Å². The quantitative estimate of drug-likeness (QED) is 0.338. The van der Waals surface area contributed by atoms with E-state index >= 15 is 0 Å². The third-order valence-electron chi connectivity index (χ3n) is 7.69. The van der Waals surface area contributed by atoms with Crippen molar-refractivity contribution in [3.05, 3.63) is 11.6 Å². The van der Waals surface area contributed by atoms with E-state index < -0.39 is 17.6 Å². The number of carboxylic acid groups (broad SMARTS) is 1. The smallest absolute Gasteiger partial charge is 0.331 e. The van der Waals surface area contributed by atoms with Crippen LogP contribution in [0.2, 0.25) is 0 Å². The first-order valence-corrected chi connectivity index (χ1v) is 13.2. The molecule has 1 aliphatic rings. The molecule has 0 aromatic rings. The van der Waals surface area contributed by atoms with Crippen molar-refractivity contribution in [3.63, 3.8) is 0 Å². The Labute approximate surface area is 207 Å². The predicted octanol–water partition coefficient (Wildman–Crippen LogP) is 4.51. The summed E-state index contributed by atoms with van der Waals surface area (Å²) in [6.07, 6.45) is 8.91. The van der Waals surface area contributed by atoms with Crippen LogP contribution >= 0.6 is 0 Å². The highest BCUT2D eigenvalue weighted by Crippen LogP contribution is 2.29. The Bertz CT molecular complexity index is 709. The van der Waals surface area contributed by atoms with Gasteiger partial charge in [0.2, 0.25) is 11.8 Å². The molecule has 7 nitrogen and oxygen atoms in total. The van der Waals surface area contributed by atoms with E-state index in [1.165, 1.54) is 0 Å². The van der Waals surface area contributed by atoms with Crippen molar-refractivity contribution in [1.82, 2.24) is 15.5 Å². The minimum atomic E-state index is -0.990. The Hall–Kier alpha value is -1.89. The van der Waals surface area contributed by atoms with Crippen LogP contribution in [0.1, 0.15) is 99.8 Å². The number of carbonyl (C=O) groups is 3. The van der Waals surface area contributed by atoms with Gasteiger partial charge in [-0.2, -0.15) is 0 Å². The Morgan fingerprint density at radius 3 is 2.06 bits per heavy atom. The van der Waals surface area contributed by atoms with Crippen LogP contribution in [-0.4, -0.2) is 58.5 Å². The van der Waals surface area contributed by atoms with Gasteiger partial charge in [-0.3, -0.25) is 9.59 Å². The van der Waals surface area contributed by atoms with Gasteiger partial charge in [-0.1, -0.05) is 60.0 Å². The van der Waals surface area contributed by atoms with Crippen LogP contribution in [0.3, 0.4) is 0 Å². The monoisotopic (exact) mass is 479 g/mol. The van der Waals surface area contributed by atoms with Gasteiger partial charge in [0.25, 0.3) is 0 Å². The maximum absolute atomic E-state index is 13.9. The molecule has 0 aliphatic heterocycles. The summed E-state index contributed by atoms with van der Waals surface area (Å²) in [6.45, 7) is 13.7. The molecule has 0 radical (unpaired) electrons. The molecule has 0 spiro atoms. The van der Waals surface area contributed by atoms with Crippen LogP contribution in [0.25, 0.3) is 0 Å². The van der Waals surface area contributed by atoms with Crippen molar-refractivity contribution >= 4 is 17.8 Å². The number of aliphatic carboxylic acids is 1. The van der Waals surface area contributed by atoms with E-state index in [0.717, 1.165) is 38.5 Å². The zero-order chi connectivity index (χ0) is 26.1. The first kappa shape index (κ1) is 30.1. The highest BCUT2D eigenvalue weighted by molar-refractivity contribution is 5.92. The topological polar surface area (TPSA) is 98.7 Å². The molecule has 0 heterocycles. The number of nitrogens with one attached hydrogen (secondary N) is 2. The molecular weight excluding hydrogens is 430 g/mol. The number of amides is 2. The van der Waals surface area contributed by atoms with Gasteiger partial charge in [0, 0.05) is 18.7 Å². The summed E-state index contributed by atoms with van der Waals surface area (Å²) in [5.74, 6) is -1.13. The van der Waals surface area contributed by atoms with Crippen LogP contribution in [0.15, 0.2) is 11.6 Å². The van der Waals surface area contributed by atoms with E-state index in [-0.39, 0.29) is 41.3 Å². The Morgan fingerprint density at radius 2 is 1.62 bits per heavy atom. The summed E-state index contributed by atoms with van der Waals surface area (Å²) in [5.41, 5.74) is -0.510. The average molecular weight is 480 g/mol. The molecule has 1 saturated carbocycles. The fourth-order valence-electron chi connectivity index (χ4n) is 4.99. The molecule has 0 aromatic heterocycles. The number of hydrogen-bond acceptors (Lipinski definition) is 4. The summed E-state index contributed by atoms with van der Waals surface area (Å²) in [4.78, 5) is 40.6. The van der Waals surface area contributed by atoms with Crippen LogP contribution < -0.4 is 10.6 Å². The van der Waals surface area contributed by atoms with Gasteiger partial charge in [0.15, 0.2) is 0 Å². The second-order valence-corrected chi connectivity index (χ2v) is 10.4. The second-order valence-electron chi connectivity index (χ2n) is 10.4. The largest absolute Gasteiger partial charge is 0.478 e. The molecule has 34 heavy (non-hydrogen) atoms. The Kier molecular flexibility index (Phi) is 12.3. The molecule has 0 aromatic carbocycles. The van der Waals surface area contributed by atoms with Crippen molar-refractivity contribution in [2.75, 3.05) is 7.05 Å². The fourth-order valence-corrected chi connectivity index (χ4v) is 4.99. The van der Waals surface area contributed by atoms with E-state index in [2.05, 4.69) is 24.5 Å². The minimum Gasteiger partial charge on any atom is -0.478 e. The highest BCUT2D eigenvalue weighted by Gasteiger charge is 2.41. The van der Waals surface area contributed by atoms with E-state index in [9.17, 15) is 19.5 Å². The van der Waals surface area contributed by atoms with Gasteiger partial charge in [-0.25, -0.2) is 4.79 Å². The number of carbonyl (C=O) groups excluding carboxylic acids is 2. The first-order chi connectivity index (χ1) is 15.9. The maximum Gasteiger partial charge on any atom is 0.331 e. The fraction of sp³-hybridized carbons (Fsp3) is 0.815. The summed E-state index contributed by atoms with van der Waals surface area (Å²) in [7, 11) is 1.73. The second kappa shape index (κ2) is 13.9. The summed E-state index contributed by atoms with van der Waals surface area (Å²) >= 11 is 0. The standard InChI is InChI=1S/C27H49N3O4/c1-9-20(7)29-27(10-2,11-3)26(34)28-23(21-15-13-12-14-16-21)24(31)30(8)22(18(4)5)17-19(6)25(32)33/h17-18,20-23,29H,9-16H2,1-8H3,(H,28,34)(H,32,33)/b19-17+/t20?,22-,23?/m1/s1. The molecule has 0 bridgehead atoms. The number of likely N-dealkylation sites (N-methyl/N-ethyl adjacent to an activating group) is 1. The molecule has 2 unspecified atom stereocenters. The molecule has 196 valence electrons. The molecule has 2 amide bonds. The normalized spacial score (nSPS) is 18.3. The summed E-state index contributed by atoms with van der Waals surface area (Å²) in [6, 6.07) is -0.799. The molecule has 3 atom stereocenters. The lowest BCUT2D eigenvalue weighted by atomic mass is 9.82. The zero-order valence-corrected chi connectivity index (χ0v) is 22.7. The molecule has 3 N–H and O–H groups in total. The maximum atomic E-state index is 13.9. The van der Waals surface area contributed by atoms with Crippen molar-refractivity contribution in [1.29, 1.82) is 0 Å². The van der Waals surface area contributed by atoms with E-state index in [1.807, 2.05) is 27.7 Å². The van der Waals surface area contributed by atoms with Gasteiger partial charge in [-0.05, 0) is 57.8 Å². The van der Waals surface area contributed by atoms with E-state index in [1.54, 1.807) is 24.9 Å². The van der Waals surface area contributed by atoms with Gasteiger partial charge in [0.05, 0.1) is 11.6 Å². The van der Waals surface area contributed by atoms with Crippen LogP contribution in [-0.2, 0) is 14.4 Å². The van der Waals surface area contributed by atoms with Gasteiger partial charge >= 0.3 is 5.97 Å². The zero-order valence-electron chi connectivity index (χ0n) is 22.7. The lowest BCUT2D eigenvalue weighted by Gasteiger charge is -2.40.